The van der Waals surface area contributed by atoms with Crippen LogP contribution in [0.4, 0.5) is 0 Å². The van der Waals surface area contributed by atoms with Gasteiger partial charge >= 0.3 is 0 Å². The van der Waals surface area contributed by atoms with Gasteiger partial charge in [0.25, 0.3) is 0 Å². The van der Waals surface area contributed by atoms with Gasteiger partial charge in [-0.2, -0.15) is 0 Å². The Bertz CT molecular complexity index is 1160. The van der Waals surface area contributed by atoms with Crippen molar-refractivity contribution in [2.75, 3.05) is 45.6 Å². The molecule has 0 aliphatic carbocycles. The van der Waals surface area contributed by atoms with Crippen LogP contribution < -0.4 is 23.7 Å². The number of benzene rings is 2. The number of halogens is 1. The highest BCUT2D eigenvalue weighted by molar-refractivity contribution is 9.09. The molecule has 38 heavy (non-hydrogen) atoms. The van der Waals surface area contributed by atoms with Gasteiger partial charge in [0, 0.05) is 5.33 Å². The van der Waals surface area contributed by atoms with Crippen LogP contribution in [0.25, 0.3) is 0 Å². The van der Waals surface area contributed by atoms with Gasteiger partial charge in [-0.1, -0.05) is 22.9 Å². The van der Waals surface area contributed by atoms with Gasteiger partial charge < -0.3 is 33.5 Å². The summed E-state index contributed by atoms with van der Waals surface area (Å²) in [5, 5.41) is 10.4. The highest BCUT2D eigenvalue weighted by atomic mass is 79.9. The second-order valence-corrected chi connectivity index (χ2v) is 11.8. The SMILES string of the molecule is CCCOc1c(OCCBr)cc(C2CCC(c3cc(OC)c(OC)c(OC)c3)O2)cc1S(=O)(=O)CC(C)O. The molecule has 2 aromatic carbocycles. The van der Waals surface area contributed by atoms with Gasteiger partial charge in [-0.05, 0) is 61.6 Å². The van der Waals surface area contributed by atoms with Crippen LogP contribution in [0.5, 0.6) is 28.7 Å². The molecule has 3 atom stereocenters. The summed E-state index contributed by atoms with van der Waals surface area (Å²) in [5.41, 5.74) is 1.53. The molecule has 0 radical (unpaired) electrons. The molecule has 212 valence electrons. The summed E-state index contributed by atoms with van der Waals surface area (Å²) in [6, 6.07) is 7.10. The standard InChI is InChI=1S/C27H37BrO9S/c1-6-10-36-27-24(35-11-9-28)14-19(15-25(27)38(30,31)16-17(2)29)21-8-7-20(37-21)18-12-22(32-3)26(34-5)23(13-18)33-4/h12-15,17,20-21,29H,6-11,16H2,1-5H3. The summed E-state index contributed by atoms with van der Waals surface area (Å²) in [5.74, 6) is 1.62. The van der Waals surface area contributed by atoms with Crippen LogP contribution in [-0.4, -0.2) is 65.3 Å². The van der Waals surface area contributed by atoms with Crippen LogP contribution in [0, 0.1) is 0 Å². The lowest BCUT2D eigenvalue weighted by atomic mass is 10.0. The van der Waals surface area contributed by atoms with Crippen LogP contribution in [0.2, 0.25) is 0 Å². The molecule has 1 saturated heterocycles. The number of sulfone groups is 1. The first-order valence-corrected chi connectivity index (χ1v) is 15.3. The Hall–Kier alpha value is -2.21. The molecule has 0 bridgehead atoms. The van der Waals surface area contributed by atoms with Crippen LogP contribution in [0.1, 0.15) is 56.4 Å². The van der Waals surface area contributed by atoms with Gasteiger partial charge in [0.05, 0.1) is 58.6 Å². The van der Waals surface area contributed by atoms with Crippen molar-refractivity contribution in [3.63, 3.8) is 0 Å². The van der Waals surface area contributed by atoms with Gasteiger partial charge in [0.15, 0.2) is 32.8 Å². The molecule has 0 amide bonds. The zero-order valence-corrected chi connectivity index (χ0v) is 24.9. The van der Waals surface area contributed by atoms with Crippen LogP contribution >= 0.6 is 15.9 Å². The molecule has 2 aromatic rings. The van der Waals surface area contributed by atoms with E-state index in [0.29, 0.717) is 66.4 Å². The number of hydrogen-bond donors (Lipinski definition) is 1. The number of alkyl halides is 1. The van der Waals surface area contributed by atoms with E-state index in [4.69, 9.17) is 28.4 Å². The molecule has 3 unspecified atom stereocenters. The minimum absolute atomic E-state index is 0.00578. The van der Waals surface area contributed by atoms with E-state index < -0.39 is 21.7 Å². The molecule has 1 fully saturated rings. The third-order valence-electron chi connectivity index (χ3n) is 6.07. The molecule has 0 saturated carbocycles. The first kappa shape index (κ1) is 30.3. The summed E-state index contributed by atoms with van der Waals surface area (Å²) in [6.07, 6.45) is 0.356. The van der Waals surface area contributed by atoms with Crippen molar-refractivity contribution < 1.29 is 41.9 Å². The molecule has 1 aliphatic rings. The average molecular weight is 618 g/mol. The minimum Gasteiger partial charge on any atom is -0.493 e. The Morgan fingerprint density at radius 1 is 0.921 bits per heavy atom. The van der Waals surface area contributed by atoms with Crippen molar-refractivity contribution in [3.8, 4) is 28.7 Å². The Balaban J connectivity index is 2.03. The number of aliphatic hydroxyl groups excluding tert-OH is 1. The summed E-state index contributed by atoms with van der Waals surface area (Å²) < 4.78 is 61.3. The lowest BCUT2D eigenvalue weighted by molar-refractivity contribution is 0.0435. The average Bonchev–Trinajstić information content (AvgIpc) is 3.39. The Labute approximate surface area is 233 Å². The van der Waals surface area contributed by atoms with E-state index in [2.05, 4.69) is 15.9 Å². The van der Waals surface area contributed by atoms with Crippen LogP contribution in [0.15, 0.2) is 29.2 Å². The quantitative estimate of drug-likeness (QED) is 0.292. The highest BCUT2D eigenvalue weighted by Crippen LogP contribution is 2.48. The molecule has 11 heteroatoms. The maximum atomic E-state index is 13.3. The Morgan fingerprint density at radius 2 is 1.50 bits per heavy atom. The third-order valence-corrected chi connectivity index (χ3v) is 8.29. The van der Waals surface area contributed by atoms with E-state index in [1.807, 2.05) is 19.1 Å². The molecular weight excluding hydrogens is 580 g/mol. The minimum atomic E-state index is -3.88. The summed E-state index contributed by atoms with van der Waals surface area (Å²) in [4.78, 5) is -0.00578. The van der Waals surface area contributed by atoms with Gasteiger partial charge in [-0.3, -0.25) is 0 Å². The smallest absolute Gasteiger partial charge is 0.203 e. The summed E-state index contributed by atoms with van der Waals surface area (Å²) in [7, 11) is 0.791. The monoisotopic (exact) mass is 616 g/mol. The van der Waals surface area contributed by atoms with Crippen LogP contribution in [0.3, 0.4) is 0 Å². The predicted octanol–water partition coefficient (Wildman–Crippen LogP) is 5.02. The lowest BCUT2D eigenvalue weighted by Gasteiger charge is -2.21. The Morgan fingerprint density at radius 3 is 2.00 bits per heavy atom. The molecular formula is C27H37BrO9S. The fourth-order valence-corrected chi connectivity index (χ4v) is 6.17. The van der Waals surface area contributed by atoms with Crippen molar-refractivity contribution in [2.45, 2.75) is 56.3 Å². The van der Waals surface area contributed by atoms with Gasteiger partial charge in [0.1, 0.15) is 4.90 Å². The fraction of sp³-hybridized carbons (Fsp3) is 0.556. The number of ether oxygens (including phenoxy) is 6. The van der Waals surface area contributed by atoms with Gasteiger partial charge in [-0.15, -0.1) is 0 Å². The maximum Gasteiger partial charge on any atom is 0.203 e. The van der Waals surface area contributed by atoms with Crippen molar-refractivity contribution in [2.24, 2.45) is 0 Å². The van der Waals surface area contributed by atoms with E-state index in [0.717, 1.165) is 5.56 Å². The second-order valence-electron chi connectivity index (χ2n) is 9.01. The fourth-order valence-electron chi connectivity index (χ4n) is 4.44. The largest absolute Gasteiger partial charge is 0.493 e. The number of aliphatic hydroxyl groups is 1. The van der Waals surface area contributed by atoms with Gasteiger partial charge in [-0.25, -0.2) is 8.42 Å². The number of rotatable bonds is 14. The van der Waals surface area contributed by atoms with Crippen molar-refractivity contribution >= 4 is 25.8 Å². The topological polar surface area (TPSA) is 110 Å². The first-order chi connectivity index (χ1) is 18.2. The molecule has 1 aliphatic heterocycles. The zero-order valence-electron chi connectivity index (χ0n) is 22.5. The Kier molecular flexibility index (Phi) is 11.0. The first-order valence-electron chi connectivity index (χ1n) is 12.5. The molecule has 0 spiro atoms. The van der Waals surface area contributed by atoms with Crippen molar-refractivity contribution in [3.05, 3.63) is 35.4 Å². The normalized spacial score (nSPS) is 18.2. The van der Waals surface area contributed by atoms with E-state index in [-0.39, 0.29) is 22.9 Å². The molecule has 1 N–H and O–H groups in total. The maximum absolute atomic E-state index is 13.3. The lowest BCUT2D eigenvalue weighted by Crippen LogP contribution is -2.19. The summed E-state index contributed by atoms with van der Waals surface area (Å²) >= 11 is 3.36. The molecule has 9 nitrogen and oxygen atoms in total. The predicted molar refractivity (Wildman–Crippen MR) is 147 cm³/mol. The van der Waals surface area contributed by atoms with E-state index >= 15 is 0 Å². The summed E-state index contributed by atoms with van der Waals surface area (Å²) in [6.45, 7) is 4.02. The number of methoxy groups -OCH3 is 3. The number of hydrogen-bond acceptors (Lipinski definition) is 9. The third kappa shape index (κ3) is 7.05. The molecule has 3 rings (SSSR count). The van der Waals surface area contributed by atoms with Crippen molar-refractivity contribution in [1.29, 1.82) is 0 Å². The van der Waals surface area contributed by atoms with Crippen molar-refractivity contribution in [1.82, 2.24) is 0 Å². The van der Waals surface area contributed by atoms with E-state index in [1.54, 1.807) is 33.5 Å². The molecule has 0 aromatic heterocycles. The highest BCUT2D eigenvalue weighted by Gasteiger charge is 2.33. The van der Waals surface area contributed by atoms with Gasteiger partial charge in [0.2, 0.25) is 5.75 Å². The van der Waals surface area contributed by atoms with E-state index in [9.17, 15) is 13.5 Å². The van der Waals surface area contributed by atoms with Crippen LogP contribution in [-0.2, 0) is 14.6 Å². The van der Waals surface area contributed by atoms with E-state index in [1.165, 1.54) is 6.92 Å². The zero-order chi connectivity index (χ0) is 27.9. The second kappa shape index (κ2) is 13.7. The molecule has 1 heterocycles.